The molecule has 0 spiro atoms. The van der Waals surface area contributed by atoms with E-state index >= 15 is 0 Å². The highest BCUT2D eigenvalue weighted by Gasteiger charge is 2.49. The molecule has 1 amide bonds. The predicted octanol–water partition coefficient (Wildman–Crippen LogP) is 1.02. The summed E-state index contributed by atoms with van der Waals surface area (Å²) in [5.74, 6) is 0.721. The molecule has 4 saturated heterocycles. The third kappa shape index (κ3) is 5.90. The molecule has 4 heterocycles. The van der Waals surface area contributed by atoms with Crippen LogP contribution < -0.4 is 21.3 Å². The van der Waals surface area contributed by atoms with Crippen LogP contribution in [0.1, 0.15) is 52.4 Å². The Bertz CT molecular complexity index is 986. The quantitative estimate of drug-likeness (QED) is 0.370. The average molecular weight is 569 g/mol. The minimum atomic E-state index is -3.39. The van der Waals surface area contributed by atoms with Crippen LogP contribution in [-0.2, 0) is 19.6 Å². The smallest absolute Gasteiger partial charge is 0.230 e. The van der Waals surface area contributed by atoms with Crippen LogP contribution in [-0.4, -0.2) is 86.2 Å². The molecule has 0 radical (unpaired) electrons. The molecule has 0 bridgehead atoms. The van der Waals surface area contributed by atoms with E-state index in [2.05, 4.69) is 41.2 Å². The first kappa shape index (κ1) is 28.6. The second-order valence-corrected chi connectivity index (χ2v) is 15.6. The van der Waals surface area contributed by atoms with E-state index in [9.17, 15) is 18.5 Å². The van der Waals surface area contributed by atoms with Gasteiger partial charge in [-0.2, -0.15) is 9.57 Å². The zero-order valence-corrected chi connectivity index (χ0v) is 24.4. The minimum absolute atomic E-state index is 0.0236. The highest BCUT2D eigenvalue weighted by Crippen LogP contribution is 2.42. The summed E-state index contributed by atoms with van der Waals surface area (Å²) in [6.45, 7) is 6.58. The lowest BCUT2D eigenvalue weighted by molar-refractivity contribution is -0.131. The van der Waals surface area contributed by atoms with Crippen molar-refractivity contribution < 1.29 is 17.9 Å². The fraction of sp³-hybridized carbons (Fsp3) is 0.923. The fourth-order valence-corrected chi connectivity index (χ4v) is 10.6. The van der Waals surface area contributed by atoms with E-state index in [-0.39, 0.29) is 52.5 Å². The van der Waals surface area contributed by atoms with Gasteiger partial charge in [0.25, 0.3) is 0 Å². The third-order valence-electron chi connectivity index (χ3n) is 9.55. The first-order valence-electron chi connectivity index (χ1n) is 14.3. The highest BCUT2D eigenvalue weighted by molar-refractivity contribution is 8.00. The maximum atomic E-state index is 13.6. The van der Waals surface area contributed by atoms with Crippen LogP contribution in [0, 0.1) is 40.9 Å². The van der Waals surface area contributed by atoms with Crippen molar-refractivity contribution in [2.24, 2.45) is 29.6 Å². The molecule has 5 aliphatic rings. The predicted molar refractivity (Wildman–Crippen MR) is 147 cm³/mol. The van der Waals surface area contributed by atoms with Crippen LogP contribution in [0.3, 0.4) is 0 Å². The van der Waals surface area contributed by atoms with Gasteiger partial charge in [0.15, 0.2) is 0 Å². The van der Waals surface area contributed by atoms with Gasteiger partial charge in [-0.15, -0.1) is 11.8 Å². The summed E-state index contributed by atoms with van der Waals surface area (Å²) >= 11 is 1.63. The fourth-order valence-electron chi connectivity index (χ4n) is 7.31. The molecule has 5 rings (SSSR count). The number of hydrogen-bond donors (Lipinski definition) is 4. The Morgan fingerprint density at radius 3 is 2.58 bits per heavy atom. The molecule has 5 fully saturated rings. The first-order chi connectivity index (χ1) is 18.2. The molecule has 38 heavy (non-hydrogen) atoms. The molecule has 1 saturated carbocycles. The standard InChI is InChI=1S/C26H44N6O4S2/c1-15-4-7-24(29-11-15)38(34,35)32-13-21-23(14-32)37-26(30-21)31-25(33)20-12-28-16(2)8-18(20)19-9-17(10-27)5-6-22(19)36-3/h15-24,26,28-30H,4-9,11-14H2,1-3H3,(H,31,33). The number of carbonyl (C=O) groups is 1. The molecule has 1 aliphatic carbocycles. The van der Waals surface area contributed by atoms with Gasteiger partial charge in [0.1, 0.15) is 10.9 Å². The number of methoxy groups -OCH3 is 1. The second kappa shape index (κ2) is 11.9. The summed E-state index contributed by atoms with van der Waals surface area (Å²) in [6.07, 6.45) is 5.06. The molecule has 11 atom stereocenters. The number of nitrogens with zero attached hydrogens (tertiary/aromatic N) is 2. The molecule has 10 nitrogen and oxygen atoms in total. The van der Waals surface area contributed by atoms with Crippen molar-refractivity contribution in [2.45, 2.75) is 86.7 Å². The minimum Gasteiger partial charge on any atom is -0.381 e. The van der Waals surface area contributed by atoms with E-state index < -0.39 is 15.4 Å². The maximum absolute atomic E-state index is 13.6. The van der Waals surface area contributed by atoms with Crippen molar-refractivity contribution in [3.05, 3.63) is 0 Å². The average Bonchev–Trinajstić information content (AvgIpc) is 3.48. The zero-order chi connectivity index (χ0) is 27.0. The summed E-state index contributed by atoms with van der Waals surface area (Å²) in [5.41, 5.74) is -0.229. The maximum Gasteiger partial charge on any atom is 0.230 e. The lowest BCUT2D eigenvalue weighted by Gasteiger charge is -2.44. The van der Waals surface area contributed by atoms with Crippen LogP contribution in [0.2, 0.25) is 0 Å². The molecule has 4 N–H and O–H groups in total. The summed E-state index contributed by atoms with van der Waals surface area (Å²) in [7, 11) is -1.64. The van der Waals surface area contributed by atoms with Crippen molar-refractivity contribution in [3.63, 3.8) is 0 Å². The van der Waals surface area contributed by atoms with Crippen molar-refractivity contribution in [3.8, 4) is 6.07 Å². The molecular formula is C26H44N6O4S2. The van der Waals surface area contributed by atoms with Gasteiger partial charge < -0.3 is 15.4 Å². The van der Waals surface area contributed by atoms with Gasteiger partial charge in [0.2, 0.25) is 15.9 Å². The van der Waals surface area contributed by atoms with Crippen molar-refractivity contribution in [1.29, 1.82) is 5.26 Å². The normalized spacial score (nSPS) is 44.3. The SMILES string of the molecule is COC1CCC(C#N)CC1C1CC(C)NCC1C(=O)NC1NC2CN(S(=O)(=O)C3CCC(C)CN3)CC2S1. The van der Waals surface area contributed by atoms with Gasteiger partial charge in [0.05, 0.1) is 18.1 Å². The first-order valence-corrected chi connectivity index (χ1v) is 16.7. The molecule has 11 unspecified atom stereocenters. The Morgan fingerprint density at radius 1 is 1.08 bits per heavy atom. The molecule has 214 valence electrons. The van der Waals surface area contributed by atoms with E-state index in [0.717, 1.165) is 38.6 Å². The Hall–Kier alpha value is -0.940. The van der Waals surface area contributed by atoms with Gasteiger partial charge in [-0.3, -0.25) is 15.4 Å². The van der Waals surface area contributed by atoms with Crippen molar-refractivity contribution in [2.75, 3.05) is 33.3 Å². The number of fused-ring (bicyclic) bond motifs is 1. The lowest BCUT2D eigenvalue weighted by atomic mass is 9.66. The van der Waals surface area contributed by atoms with Crippen LogP contribution in [0.4, 0.5) is 0 Å². The molecule has 4 aliphatic heterocycles. The number of ether oxygens (including phenoxy) is 1. The van der Waals surface area contributed by atoms with Gasteiger partial charge in [-0.05, 0) is 69.7 Å². The van der Waals surface area contributed by atoms with Crippen molar-refractivity contribution in [1.82, 2.24) is 25.6 Å². The lowest BCUT2D eigenvalue weighted by Crippen LogP contribution is -2.55. The summed E-state index contributed by atoms with van der Waals surface area (Å²) in [6, 6.07) is 2.80. The summed E-state index contributed by atoms with van der Waals surface area (Å²) in [4.78, 5) is 13.6. The van der Waals surface area contributed by atoms with Crippen LogP contribution in [0.5, 0.6) is 0 Å². The molecule has 0 aromatic carbocycles. The van der Waals surface area contributed by atoms with Crippen LogP contribution in [0.25, 0.3) is 0 Å². The Morgan fingerprint density at radius 2 is 1.89 bits per heavy atom. The number of rotatable bonds is 6. The number of nitrogens with one attached hydrogen (secondary N) is 4. The Labute approximate surface area is 231 Å². The summed E-state index contributed by atoms with van der Waals surface area (Å²) < 4.78 is 33.9. The third-order valence-corrected chi connectivity index (χ3v) is 13.0. The number of thioether (sulfide) groups is 1. The number of carbonyl (C=O) groups excluding carboxylic acids is 1. The highest BCUT2D eigenvalue weighted by atomic mass is 32.2. The van der Waals surface area contributed by atoms with E-state index in [1.807, 2.05) is 0 Å². The largest absolute Gasteiger partial charge is 0.381 e. The molecule has 12 heteroatoms. The number of hydrogen-bond acceptors (Lipinski definition) is 9. The van der Waals surface area contributed by atoms with E-state index in [0.29, 0.717) is 38.0 Å². The van der Waals surface area contributed by atoms with Crippen molar-refractivity contribution >= 4 is 27.7 Å². The molecule has 0 aromatic heterocycles. The summed E-state index contributed by atoms with van der Waals surface area (Å²) in [5, 5.41) is 22.6. The monoisotopic (exact) mass is 568 g/mol. The molecular weight excluding hydrogens is 524 g/mol. The number of sulfonamides is 1. The number of nitriles is 1. The van der Waals surface area contributed by atoms with E-state index in [1.54, 1.807) is 23.2 Å². The van der Waals surface area contributed by atoms with E-state index in [4.69, 9.17) is 4.74 Å². The van der Waals surface area contributed by atoms with Gasteiger partial charge in [-0.25, -0.2) is 8.42 Å². The second-order valence-electron chi connectivity index (χ2n) is 12.2. The van der Waals surface area contributed by atoms with Gasteiger partial charge in [0, 0.05) is 50.0 Å². The zero-order valence-electron chi connectivity index (χ0n) is 22.8. The van der Waals surface area contributed by atoms with Crippen LogP contribution >= 0.6 is 11.8 Å². The Kier molecular flexibility index (Phi) is 8.94. The Balaban J connectivity index is 1.18. The van der Waals surface area contributed by atoms with Gasteiger partial charge in [-0.1, -0.05) is 6.92 Å². The molecule has 0 aromatic rings. The van der Waals surface area contributed by atoms with Crippen LogP contribution in [0.15, 0.2) is 0 Å². The number of piperidine rings is 2. The van der Waals surface area contributed by atoms with Gasteiger partial charge >= 0.3 is 0 Å². The van der Waals surface area contributed by atoms with E-state index in [1.165, 1.54) is 0 Å². The number of amides is 1. The topological polar surface area (TPSA) is 136 Å².